The summed E-state index contributed by atoms with van der Waals surface area (Å²) in [6.07, 6.45) is 7.09. The average molecular weight is 270 g/mol. The number of amides is 1. The van der Waals surface area contributed by atoms with E-state index < -0.39 is 0 Å². The van der Waals surface area contributed by atoms with Gasteiger partial charge in [0.25, 0.3) is 5.91 Å². The quantitative estimate of drug-likeness (QED) is 0.636. The molecule has 1 amide bonds. The van der Waals surface area contributed by atoms with E-state index in [0.717, 1.165) is 11.3 Å². The Bertz CT molecular complexity index is 658. The molecule has 1 saturated heterocycles. The zero-order valence-corrected chi connectivity index (χ0v) is 10.6. The van der Waals surface area contributed by atoms with E-state index in [1.54, 1.807) is 18.6 Å². The Morgan fingerprint density at radius 3 is 2.58 bits per heavy atom. The summed E-state index contributed by atoms with van der Waals surface area (Å²) in [5.74, 6) is -0.205. The molecule has 2 N–H and O–H groups in total. The van der Waals surface area contributed by atoms with E-state index in [-0.39, 0.29) is 5.91 Å². The maximum atomic E-state index is 11.5. The number of imidazole rings is 1. The normalized spacial score (nSPS) is 16.5. The smallest absolute Gasteiger partial charge is 0.273 e. The van der Waals surface area contributed by atoms with Crippen LogP contribution in [-0.4, -0.2) is 20.6 Å². The summed E-state index contributed by atoms with van der Waals surface area (Å²) in [4.78, 5) is 15.5. The lowest BCUT2D eigenvalue weighted by Crippen LogP contribution is -2.21. The monoisotopic (exact) mass is 270 g/mol. The minimum absolute atomic E-state index is 0.205. The molecular formula is C13H10N4OS. The van der Waals surface area contributed by atoms with Crippen molar-refractivity contribution in [1.82, 2.24) is 20.2 Å². The summed E-state index contributed by atoms with van der Waals surface area (Å²) < 4.78 is 1.91. The van der Waals surface area contributed by atoms with E-state index in [0.29, 0.717) is 10.8 Å². The first-order chi connectivity index (χ1) is 9.22. The van der Waals surface area contributed by atoms with Crippen LogP contribution in [0.5, 0.6) is 0 Å². The summed E-state index contributed by atoms with van der Waals surface area (Å²) in [7, 11) is 0. The zero-order chi connectivity index (χ0) is 13.2. The molecule has 0 radical (unpaired) electrons. The molecule has 0 aliphatic carbocycles. The molecule has 6 heteroatoms. The molecule has 3 rings (SSSR count). The van der Waals surface area contributed by atoms with Crippen molar-refractivity contribution in [3.63, 3.8) is 0 Å². The van der Waals surface area contributed by atoms with Gasteiger partial charge in [-0.1, -0.05) is 12.1 Å². The van der Waals surface area contributed by atoms with Crippen LogP contribution in [-0.2, 0) is 4.79 Å². The highest BCUT2D eigenvalue weighted by molar-refractivity contribution is 7.80. The lowest BCUT2D eigenvalue weighted by Gasteiger charge is -2.02. The SMILES string of the molecule is O=C1NC(=S)N/C1=C/c1ccc(-n2ccnc2)cc1. The first-order valence-corrected chi connectivity index (χ1v) is 6.05. The predicted octanol–water partition coefficient (Wildman–Crippen LogP) is 1.22. The molecule has 1 aromatic heterocycles. The molecule has 1 fully saturated rings. The van der Waals surface area contributed by atoms with Gasteiger partial charge in [-0.2, -0.15) is 0 Å². The molecule has 2 aromatic rings. The predicted molar refractivity (Wildman–Crippen MR) is 75.4 cm³/mol. The van der Waals surface area contributed by atoms with Crippen LogP contribution >= 0.6 is 12.2 Å². The van der Waals surface area contributed by atoms with Crippen LogP contribution in [0, 0.1) is 0 Å². The van der Waals surface area contributed by atoms with Crippen molar-refractivity contribution in [1.29, 1.82) is 0 Å². The first-order valence-electron chi connectivity index (χ1n) is 5.65. The first kappa shape index (κ1) is 11.6. The fraction of sp³-hybridized carbons (Fsp3) is 0. The number of carbonyl (C=O) groups excluding carboxylic acids is 1. The number of rotatable bonds is 2. The summed E-state index contributed by atoms with van der Waals surface area (Å²) >= 11 is 4.87. The number of hydrogen-bond donors (Lipinski definition) is 2. The Morgan fingerprint density at radius 2 is 2.00 bits per heavy atom. The van der Waals surface area contributed by atoms with Gasteiger partial charge in [-0.05, 0) is 36.0 Å². The fourth-order valence-electron chi connectivity index (χ4n) is 1.80. The molecular weight excluding hydrogens is 260 g/mol. The topological polar surface area (TPSA) is 59.0 Å². The molecule has 1 aliphatic rings. The van der Waals surface area contributed by atoms with Crippen LogP contribution in [0.3, 0.4) is 0 Å². The van der Waals surface area contributed by atoms with Crippen LogP contribution in [0.1, 0.15) is 5.56 Å². The van der Waals surface area contributed by atoms with Gasteiger partial charge in [0.1, 0.15) is 5.70 Å². The van der Waals surface area contributed by atoms with Gasteiger partial charge in [0.05, 0.1) is 6.33 Å². The fourth-order valence-corrected chi connectivity index (χ4v) is 2.01. The number of thiocarbonyl (C=S) groups is 1. The van der Waals surface area contributed by atoms with Gasteiger partial charge < -0.3 is 9.88 Å². The van der Waals surface area contributed by atoms with E-state index in [1.807, 2.05) is 35.0 Å². The summed E-state index contributed by atoms with van der Waals surface area (Å²) in [5, 5.41) is 5.67. The standard InChI is InChI=1S/C13H10N4OS/c18-12-11(15-13(19)16-12)7-9-1-3-10(4-2-9)17-6-5-14-8-17/h1-8H,(H2,15,16,18,19)/b11-7+. The van der Waals surface area contributed by atoms with Crippen LogP contribution in [0.15, 0.2) is 48.7 Å². The third kappa shape index (κ3) is 2.38. The molecule has 0 spiro atoms. The highest BCUT2D eigenvalue weighted by Gasteiger charge is 2.19. The average Bonchev–Trinajstić information content (AvgIpc) is 3.01. The Kier molecular flexibility index (Phi) is 2.85. The van der Waals surface area contributed by atoms with Crippen molar-refractivity contribution in [2.75, 3.05) is 0 Å². The molecule has 0 saturated carbocycles. The Labute approximate surface area is 115 Å². The number of hydrogen-bond acceptors (Lipinski definition) is 3. The Hall–Kier alpha value is -2.47. The molecule has 1 aromatic carbocycles. The lowest BCUT2D eigenvalue weighted by atomic mass is 10.1. The Morgan fingerprint density at radius 1 is 1.21 bits per heavy atom. The molecule has 19 heavy (non-hydrogen) atoms. The van der Waals surface area contributed by atoms with Crippen molar-refractivity contribution >= 4 is 29.3 Å². The second-order valence-electron chi connectivity index (χ2n) is 4.03. The van der Waals surface area contributed by atoms with Gasteiger partial charge in [0, 0.05) is 18.1 Å². The third-order valence-corrected chi connectivity index (χ3v) is 2.93. The summed E-state index contributed by atoms with van der Waals surface area (Å²) in [6.45, 7) is 0. The van der Waals surface area contributed by atoms with Gasteiger partial charge in [0.15, 0.2) is 5.11 Å². The minimum atomic E-state index is -0.205. The van der Waals surface area contributed by atoms with Crippen molar-refractivity contribution in [2.24, 2.45) is 0 Å². The van der Waals surface area contributed by atoms with Crippen LogP contribution in [0.25, 0.3) is 11.8 Å². The Balaban J connectivity index is 1.86. The van der Waals surface area contributed by atoms with Crippen molar-refractivity contribution < 1.29 is 4.79 Å². The summed E-state index contributed by atoms with van der Waals surface area (Å²) in [6, 6.07) is 7.77. The number of aromatic nitrogens is 2. The second-order valence-corrected chi connectivity index (χ2v) is 4.44. The van der Waals surface area contributed by atoms with E-state index in [2.05, 4.69) is 15.6 Å². The number of carbonyl (C=O) groups is 1. The molecule has 0 bridgehead atoms. The van der Waals surface area contributed by atoms with Crippen molar-refractivity contribution in [2.45, 2.75) is 0 Å². The minimum Gasteiger partial charge on any atom is -0.328 e. The zero-order valence-electron chi connectivity index (χ0n) is 9.83. The van der Waals surface area contributed by atoms with Gasteiger partial charge in [-0.25, -0.2) is 4.98 Å². The van der Waals surface area contributed by atoms with Crippen LogP contribution in [0.4, 0.5) is 0 Å². The van der Waals surface area contributed by atoms with Gasteiger partial charge >= 0.3 is 0 Å². The van der Waals surface area contributed by atoms with Crippen molar-refractivity contribution in [3.05, 3.63) is 54.2 Å². The molecule has 5 nitrogen and oxygen atoms in total. The second kappa shape index (κ2) is 4.66. The van der Waals surface area contributed by atoms with E-state index >= 15 is 0 Å². The molecule has 94 valence electrons. The van der Waals surface area contributed by atoms with Gasteiger partial charge in [-0.15, -0.1) is 0 Å². The summed E-state index contributed by atoms with van der Waals surface area (Å²) in [5.41, 5.74) is 2.39. The van der Waals surface area contributed by atoms with E-state index in [4.69, 9.17) is 12.2 Å². The highest BCUT2D eigenvalue weighted by Crippen LogP contribution is 2.12. The van der Waals surface area contributed by atoms with Gasteiger partial charge in [-0.3, -0.25) is 10.1 Å². The van der Waals surface area contributed by atoms with E-state index in [1.165, 1.54) is 0 Å². The van der Waals surface area contributed by atoms with Crippen molar-refractivity contribution in [3.8, 4) is 5.69 Å². The maximum absolute atomic E-state index is 11.5. The largest absolute Gasteiger partial charge is 0.328 e. The highest BCUT2D eigenvalue weighted by atomic mass is 32.1. The number of benzene rings is 1. The van der Waals surface area contributed by atoms with Crippen LogP contribution < -0.4 is 10.6 Å². The molecule has 1 aliphatic heterocycles. The van der Waals surface area contributed by atoms with Gasteiger partial charge in [0.2, 0.25) is 0 Å². The number of nitrogens with zero attached hydrogens (tertiary/aromatic N) is 2. The van der Waals surface area contributed by atoms with E-state index in [9.17, 15) is 4.79 Å². The lowest BCUT2D eigenvalue weighted by molar-refractivity contribution is -0.115. The maximum Gasteiger partial charge on any atom is 0.273 e. The molecule has 2 heterocycles. The molecule has 0 atom stereocenters. The number of nitrogens with one attached hydrogen (secondary N) is 2. The van der Waals surface area contributed by atoms with Crippen LogP contribution in [0.2, 0.25) is 0 Å². The third-order valence-electron chi connectivity index (χ3n) is 2.73. The molecule has 0 unspecified atom stereocenters.